The molecule has 1 unspecified atom stereocenters. The summed E-state index contributed by atoms with van der Waals surface area (Å²) in [6.45, 7) is 1.95. The minimum Gasteiger partial charge on any atom is -0.467 e. The molecular formula is C15H17N5O4S. The Hall–Kier alpha value is -2.75. The first-order valence-corrected chi connectivity index (χ1v) is 8.56. The number of carbonyl (C=O) groups is 2. The topological polar surface area (TPSA) is 111 Å². The summed E-state index contributed by atoms with van der Waals surface area (Å²) < 4.78 is 12.3. The molecular weight excluding hydrogens is 346 g/mol. The second-order valence-electron chi connectivity index (χ2n) is 5.17. The summed E-state index contributed by atoms with van der Waals surface area (Å²) in [6, 6.07) is 2.27. The lowest BCUT2D eigenvalue weighted by Gasteiger charge is -2.27. The van der Waals surface area contributed by atoms with Gasteiger partial charge in [-0.2, -0.15) is 0 Å². The van der Waals surface area contributed by atoms with Crippen molar-refractivity contribution in [1.29, 1.82) is 0 Å². The molecule has 2 amide bonds. The van der Waals surface area contributed by atoms with Crippen molar-refractivity contribution in [3.8, 4) is 0 Å². The van der Waals surface area contributed by atoms with Crippen LogP contribution in [0.25, 0.3) is 0 Å². The first-order valence-electron chi connectivity index (χ1n) is 7.58. The summed E-state index contributed by atoms with van der Waals surface area (Å²) >= 11 is 1.35. The van der Waals surface area contributed by atoms with E-state index in [2.05, 4.69) is 20.8 Å². The van der Waals surface area contributed by atoms with E-state index in [0.717, 1.165) is 0 Å². The van der Waals surface area contributed by atoms with Gasteiger partial charge in [-0.25, -0.2) is 9.59 Å². The van der Waals surface area contributed by atoms with Gasteiger partial charge in [0.2, 0.25) is 0 Å². The summed E-state index contributed by atoms with van der Waals surface area (Å²) in [6.07, 6.45) is 3.07. The number of aromatic nitrogens is 3. The molecule has 0 radical (unpaired) electrons. The van der Waals surface area contributed by atoms with Gasteiger partial charge in [0.1, 0.15) is 18.1 Å². The largest absolute Gasteiger partial charge is 0.467 e. The monoisotopic (exact) mass is 363 g/mol. The van der Waals surface area contributed by atoms with Crippen molar-refractivity contribution in [2.24, 2.45) is 7.05 Å². The molecule has 1 aliphatic heterocycles. The number of nitrogens with one attached hydrogen (secondary N) is 2. The highest BCUT2D eigenvalue weighted by molar-refractivity contribution is 7.99. The number of aryl methyl sites for hydroxylation is 1. The molecule has 2 aromatic rings. The molecule has 2 N–H and O–H groups in total. The molecule has 9 nitrogen and oxygen atoms in total. The van der Waals surface area contributed by atoms with Crippen LogP contribution in [0.2, 0.25) is 0 Å². The number of amides is 2. The first kappa shape index (κ1) is 17.1. The van der Waals surface area contributed by atoms with E-state index in [1.807, 2.05) is 7.05 Å². The standard InChI is InChI=1S/C15H17N5O4S/c1-3-23-13(21)11-9(7-25-15-19-16-8-20(15)2)17-14(22)18-12(11)10-5-4-6-24-10/h4-6,8,12H,3,7H2,1-2H3,(H2,17,18,22). The molecule has 0 aromatic carbocycles. The maximum atomic E-state index is 12.5. The van der Waals surface area contributed by atoms with E-state index in [1.165, 1.54) is 18.0 Å². The van der Waals surface area contributed by atoms with E-state index >= 15 is 0 Å². The van der Waals surface area contributed by atoms with Gasteiger partial charge in [-0.05, 0) is 19.1 Å². The van der Waals surface area contributed by atoms with Crippen LogP contribution in [0.15, 0.2) is 45.6 Å². The van der Waals surface area contributed by atoms with Crippen molar-refractivity contribution in [3.05, 3.63) is 41.8 Å². The summed E-state index contributed by atoms with van der Waals surface area (Å²) in [4.78, 5) is 24.5. The Bertz CT molecular complexity index is 799. The van der Waals surface area contributed by atoms with E-state index in [9.17, 15) is 9.59 Å². The van der Waals surface area contributed by atoms with Crippen LogP contribution in [-0.4, -0.2) is 39.1 Å². The van der Waals surface area contributed by atoms with Crippen LogP contribution < -0.4 is 10.6 Å². The lowest BCUT2D eigenvalue weighted by Crippen LogP contribution is -2.46. The Kier molecular flexibility index (Phi) is 5.08. The molecule has 3 heterocycles. The normalized spacial score (nSPS) is 17.2. The van der Waals surface area contributed by atoms with E-state index in [1.54, 1.807) is 30.0 Å². The van der Waals surface area contributed by atoms with Crippen molar-refractivity contribution >= 4 is 23.8 Å². The molecule has 10 heteroatoms. The molecule has 1 atom stereocenters. The van der Waals surface area contributed by atoms with Gasteiger partial charge in [0.05, 0.1) is 18.4 Å². The second kappa shape index (κ2) is 7.43. The van der Waals surface area contributed by atoms with E-state index in [-0.39, 0.29) is 6.61 Å². The van der Waals surface area contributed by atoms with Crippen molar-refractivity contribution < 1.29 is 18.7 Å². The van der Waals surface area contributed by atoms with Crippen LogP contribution >= 0.6 is 11.8 Å². The lowest BCUT2D eigenvalue weighted by atomic mass is 10.0. The number of esters is 1. The van der Waals surface area contributed by atoms with Gasteiger partial charge >= 0.3 is 12.0 Å². The van der Waals surface area contributed by atoms with E-state index < -0.39 is 18.0 Å². The zero-order valence-electron chi connectivity index (χ0n) is 13.7. The van der Waals surface area contributed by atoms with Crippen molar-refractivity contribution in [1.82, 2.24) is 25.4 Å². The predicted octanol–water partition coefficient (Wildman–Crippen LogP) is 1.37. The molecule has 25 heavy (non-hydrogen) atoms. The Labute approximate surface area is 147 Å². The van der Waals surface area contributed by atoms with Gasteiger partial charge in [-0.15, -0.1) is 10.2 Å². The number of hydrogen-bond donors (Lipinski definition) is 2. The fourth-order valence-electron chi connectivity index (χ4n) is 2.39. The maximum absolute atomic E-state index is 12.5. The number of furan rings is 1. The third-order valence-corrected chi connectivity index (χ3v) is 4.55. The number of rotatable bonds is 6. The molecule has 0 spiro atoms. The van der Waals surface area contributed by atoms with Crippen LogP contribution in [0.4, 0.5) is 4.79 Å². The molecule has 132 valence electrons. The zero-order valence-corrected chi connectivity index (χ0v) is 14.5. The highest BCUT2D eigenvalue weighted by Gasteiger charge is 2.35. The molecule has 2 aromatic heterocycles. The molecule has 0 saturated heterocycles. The maximum Gasteiger partial charge on any atom is 0.338 e. The Morgan fingerprint density at radius 3 is 3.00 bits per heavy atom. The average molecular weight is 363 g/mol. The minimum absolute atomic E-state index is 0.227. The van der Waals surface area contributed by atoms with Crippen LogP contribution in [0.1, 0.15) is 18.7 Å². The predicted molar refractivity (Wildman–Crippen MR) is 88.5 cm³/mol. The zero-order chi connectivity index (χ0) is 17.8. The molecule has 1 aliphatic rings. The SMILES string of the molecule is CCOC(=O)C1=C(CSc2nncn2C)NC(=O)NC1c1ccco1. The first-order chi connectivity index (χ1) is 12.1. The molecule has 0 aliphatic carbocycles. The van der Waals surface area contributed by atoms with Crippen LogP contribution in [0.5, 0.6) is 0 Å². The highest BCUT2D eigenvalue weighted by atomic mass is 32.2. The van der Waals surface area contributed by atoms with Crippen LogP contribution in [0, 0.1) is 0 Å². The van der Waals surface area contributed by atoms with Crippen molar-refractivity contribution in [3.63, 3.8) is 0 Å². The van der Waals surface area contributed by atoms with E-state index in [0.29, 0.717) is 27.9 Å². The quantitative estimate of drug-likeness (QED) is 0.589. The number of urea groups is 1. The Balaban J connectivity index is 1.94. The Morgan fingerprint density at radius 1 is 1.52 bits per heavy atom. The molecule has 0 fully saturated rings. The Morgan fingerprint density at radius 2 is 2.36 bits per heavy atom. The van der Waals surface area contributed by atoms with Crippen LogP contribution in [0.3, 0.4) is 0 Å². The van der Waals surface area contributed by atoms with Gasteiger partial charge in [0, 0.05) is 18.5 Å². The van der Waals surface area contributed by atoms with Gasteiger partial charge in [0.25, 0.3) is 0 Å². The van der Waals surface area contributed by atoms with Gasteiger partial charge in [-0.3, -0.25) is 0 Å². The summed E-state index contributed by atoms with van der Waals surface area (Å²) in [5.74, 6) is 0.273. The molecule has 0 bridgehead atoms. The minimum atomic E-state index is -0.710. The van der Waals surface area contributed by atoms with Crippen LogP contribution in [-0.2, 0) is 16.6 Å². The number of carbonyl (C=O) groups excluding carboxylic acids is 2. The van der Waals surface area contributed by atoms with Gasteiger partial charge in [-0.1, -0.05) is 11.8 Å². The summed E-state index contributed by atoms with van der Waals surface area (Å²) in [7, 11) is 1.82. The van der Waals surface area contributed by atoms with E-state index in [4.69, 9.17) is 9.15 Å². The number of nitrogens with zero attached hydrogens (tertiary/aromatic N) is 3. The lowest BCUT2D eigenvalue weighted by molar-refractivity contribution is -0.139. The van der Waals surface area contributed by atoms with Gasteiger partial charge in [0.15, 0.2) is 5.16 Å². The third kappa shape index (κ3) is 3.68. The molecule has 3 rings (SSSR count). The third-order valence-electron chi connectivity index (χ3n) is 3.49. The number of hydrogen-bond acceptors (Lipinski definition) is 7. The fraction of sp³-hybridized carbons (Fsp3) is 0.333. The van der Waals surface area contributed by atoms with Crippen molar-refractivity contribution in [2.75, 3.05) is 12.4 Å². The summed E-state index contributed by atoms with van der Waals surface area (Å²) in [5, 5.41) is 13.8. The number of ether oxygens (including phenoxy) is 1. The molecule has 0 saturated carbocycles. The van der Waals surface area contributed by atoms with Crippen molar-refractivity contribution in [2.45, 2.75) is 18.1 Å². The second-order valence-corrected chi connectivity index (χ2v) is 6.12. The number of thioether (sulfide) groups is 1. The summed E-state index contributed by atoms with van der Waals surface area (Å²) in [5.41, 5.74) is 0.766. The smallest absolute Gasteiger partial charge is 0.338 e. The highest BCUT2D eigenvalue weighted by Crippen LogP contribution is 2.30. The fourth-order valence-corrected chi connectivity index (χ4v) is 3.25. The average Bonchev–Trinajstić information content (AvgIpc) is 3.24. The van der Waals surface area contributed by atoms with Gasteiger partial charge < -0.3 is 24.4 Å².